The molecular weight excluding hydrogens is 396 g/mol. The Balaban J connectivity index is 1.64. The van der Waals surface area contributed by atoms with E-state index in [9.17, 15) is 9.59 Å². The molecule has 150 valence electrons. The number of amides is 2. The number of carbonyl (C=O) groups excluding carboxylic acids is 2. The van der Waals surface area contributed by atoms with Gasteiger partial charge in [0.1, 0.15) is 5.69 Å². The van der Waals surface area contributed by atoms with Gasteiger partial charge in [-0.15, -0.1) is 11.3 Å². The predicted molar refractivity (Wildman–Crippen MR) is 119 cm³/mol. The van der Waals surface area contributed by atoms with Crippen LogP contribution >= 0.6 is 11.3 Å². The molecule has 4 aromatic rings. The van der Waals surface area contributed by atoms with E-state index in [0.717, 1.165) is 10.4 Å². The third kappa shape index (κ3) is 4.16. The lowest BCUT2D eigenvalue weighted by Gasteiger charge is -2.08. The molecule has 0 unspecified atom stereocenters. The number of hydrogen-bond acceptors (Lipinski definition) is 4. The fourth-order valence-corrected chi connectivity index (χ4v) is 3.97. The van der Waals surface area contributed by atoms with Crippen LogP contribution in [-0.2, 0) is 6.54 Å². The highest BCUT2D eigenvalue weighted by molar-refractivity contribution is 7.13. The normalized spacial score (nSPS) is 10.7. The van der Waals surface area contributed by atoms with Gasteiger partial charge < -0.3 is 11.1 Å². The molecule has 6 nitrogen and oxygen atoms in total. The molecule has 2 amide bonds. The molecule has 2 aromatic carbocycles. The Morgan fingerprint density at radius 1 is 1.07 bits per heavy atom. The van der Waals surface area contributed by atoms with Crippen molar-refractivity contribution in [2.45, 2.75) is 13.5 Å². The van der Waals surface area contributed by atoms with Gasteiger partial charge in [-0.1, -0.05) is 36.4 Å². The molecule has 0 bridgehead atoms. The third-order valence-corrected chi connectivity index (χ3v) is 5.57. The van der Waals surface area contributed by atoms with Gasteiger partial charge in [0.15, 0.2) is 0 Å². The maximum Gasteiger partial charge on any atom is 0.259 e. The Bertz CT molecular complexity index is 1200. The summed E-state index contributed by atoms with van der Waals surface area (Å²) in [6.45, 7) is 2.35. The number of carbonyl (C=O) groups is 2. The molecule has 7 heteroatoms. The largest absolute Gasteiger partial charge is 0.366 e. The Morgan fingerprint density at radius 2 is 1.87 bits per heavy atom. The first-order valence-electron chi connectivity index (χ1n) is 9.38. The van der Waals surface area contributed by atoms with Crippen LogP contribution < -0.4 is 11.1 Å². The fraction of sp³-hybridized carbons (Fsp3) is 0.0870. The average Bonchev–Trinajstić information content (AvgIpc) is 3.38. The van der Waals surface area contributed by atoms with E-state index in [4.69, 9.17) is 5.73 Å². The summed E-state index contributed by atoms with van der Waals surface area (Å²) in [4.78, 5) is 25.4. The Kier molecular flexibility index (Phi) is 5.45. The SMILES string of the molecule is Cc1cc(NC(=O)c2cn(Cc3ccccc3)nc2-c2cccs2)ccc1C(N)=O. The topological polar surface area (TPSA) is 90.0 Å². The maximum atomic E-state index is 13.1. The molecule has 0 saturated heterocycles. The monoisotopic (exact) mass is 416 g/mol. The van der Waals surface area contributed by atoms with Gasteiger partial charge in [0.2, 0.25) is 5.91 Å². The second-order valence-electron chi connectivity index (χ2n) is 6.90. The number of hydrogen-bond donors (Lipinski definition) is 2. The number of thiophene rings is 1. The van der Waals surface area contributed by atoms with Crippen LogP contribution in [0.25, 0.3) is 10.6 Å². The lowest BCUT2D eigenvalue weighted by Crippen LogP contribution is -2.15. The van der Waals surface area contributed by atoms with Crippen molar-refractivity contribution in [1.29, 1.82) is 0 Å². The van der Waals surface area contributed by atoms with Crippen molar-refractivity contribution in [2.75, 3.05) is 5.32 Å². The molecule has 0 radical (unpaired) electrons. The van der Waals surface area contributed by atoms with Gasteiger partial charge in [0, 0.05) is 17.4 Å². The van der Waals surface area contributed by atoms with E-state index in [2.05, 4.69) is 10.4 Å². The lowest BCUT2D eigenvalue weighted by molar-refractivity contribution is 0.0997. The predicted octanol–water partition coefficient (Wildman–Crippen LogP) is 4.32. The van der Waals surface area contributed by atoms with Crippen molar-refractivity contribution >= 4 is 28.8 Å². The van der Waals surface area contributed by atoms with Gasteiger partial charge in [-0.3, -0.25) is 14.3 Å². The molecule has 0 aliphatic carbocycles. The number of aromatic nitrogens is 2. The van der Waals surface area contributed by atoms with Crippen LogP contribution in [-0.4, -0.2) is 21.6 Å². The van der Waals surface area contributed by atoms with Crippen molar-refractivity contribution in [3.05, 3.63) is 94.5 Å². The number of anilines is 1. The van der Waals surface area contributed by atoms with Crippen molar-refractivity contribution in [3.63, 3.8) is 0 Å². The number of primary amides is 1. The first kappa shape index (κ1) is 19.6. The zero-order valence-corrected chi connectivity index (χ0v) is 17.1. The van der Waals surface area contributed by atoms with E-state index >= 15 is 0 Å². The van der Waals surface area contributed by atoms with E-state index in [1.807, 2.05) is 47.8 Å². The summed E-state index contributed by atoms with van der Waals surface area (Å²) in [6, 6.07) is 18.9. The van der Waals surface area contributed by atoms with Crippen LogP contribution in [0.3, 0.4) is 0 Å². The van der Waals surface area contributed by atoms with Crippen LogP contribution in [0.5, 0.6) is 0 Å². The minimum Gasteiger partial charge on any atom is -0.366 e. The highest BCUT2D eigenvalue weighted by atomic mass is 32.1. The smallest absolute Gasteiger partial charge is 0.259 e. The molecule has 0 aliphatic rings. The van der Waals surface area contributed by atoms with Crippen molar-refractivity contribution < 1.29 is 9.59 Å². The van der Waals surface area contributed by atoms with Crippen molar-refractivity contribution in [2.24, 2.45) is 5.73 Å². The summed E-state index contributed by atoms with van der Waals surface area (Å²) >= 11 is 1.53. The third-order valence-electron chi connectivity index (χ3n) is 4.70. The number of nitrogens with two attached hydrogens (primary N) is 1. The summed E-state index contributed by atoms with van der Waals surface area (Å²) in [6.07, 6.45) is 1.77. The van der Waals surface area contributed by atoms with Crippen LogP contribution in [0, 0.1) is 6.92 Å². The standard InChI is InChI=1S/C23H20N4O2S/c1-15-12-17(9-10-18(15)22(24)28)25-23(29)19-14-27(13-16-6-3-2-4-7-16)26-21(19)20-8-5-11-30-20/h2-12,14H,13H2,1H3,(H2,24,28)(H,25,29). The second kappa shape index (κ2) is 8.34. The minimum atomic E-state index is -0.493. The van der Waals surface area contributed by atoms with Gasteiger partial charge in [0.25, 0.3) is 5.91 Å². The Labute approximate surface area is 178 Å². The van der Waals surface area contributed by atoms with E-state index in [-0.39, 0.29) is 5.91 Å². The first-order valence-corrected chi connectivity index (χ1v) is 10.3. The molecule has 2 heterocycles. The molecule has 0 spiro atoms. The van der Waals surface area contributed by atoms with E-state index in [0.29, 0.717) is 34.6 Å². The number of benzene rings is 2. The number of aryl methyl sites for hydroxylation is 1. The highest BCUT2D eigenvalue weighted by Gasteiger charge is 2.19. The molecule has 30 heavy (non-hydrogen) atoms. The van der Waals surface area contributed by atoms with Crippen molar-refractivity contribution in [3.8, 4) is 10.6 Å². The molecule has 0 saturated carbocycles. The Hall–Kier alpha value is -3.71. The van der Waals surface area contributed by atoms with Gasteiger partial charge in [-0.05, 0) is 47.7 Å². The molecule has 0 fully saturated rings. The lowest BCUT2D eigenvalue weighted by atomic mass is 10.1. The van der Waals surface area contributed by atoms with E-state index < -0.39 is 5.91 Å². The zero-order chi connectivity index (χ0) is 21.1. The summed E-state index contributed by atoms with van der Waals surface area (Å²) < 4.78 is 1.78. The quantitative estimate of drug-likeness (QED) is 0.490. The summed E-state index contributed by atoms with van der Waals surface area (Å²) in [7, 11) is 0. The molecule has 0 aliphatic heterocycles. The van der Waals surface area contributed by atoms with Gasteiger partial charge in [-0.25, -0.2) is 0 Å². The maximum absolute atomic E-state index is 13.1. The van der Waals surface area contributed by atoms with Gasteiger partial charge in [-0.2, -0.15) is 5.10 Å². The fourth-order valence-electron chi connectivity index (χ4n) is 3.25. The molecular formula is C23H20N4O2S. The van der Waals surface area contributed by atoms with Gasteiger partial charge >= 0.3 is 0 Å². The summed E-state index contributed by atoms with van der Waals surface area (Å²) in [5, 5.41) is 9.53. The average molecular weight is 417 g/mol. The highest BCUT2D eigenvalue weighted by Crippen LogP contribution is 2.28. The molecule has 3 N–H and O–H groups in total. The molecule has 2 aromatic heterocycles. The zero-order valence-electron chi connectivity index (χ0n) is 16.3. The number of rotatable bonds is 6. The van der Waals surface area contributed by atoms with Crippen LogP contribution in [0.4, 0.5) is 5.69 Å². The summed E-state index contributed by atoms with van der Waals surface area (Å²) in [5.74, 6) is -0.753. The van der Waals surface area contributed by atoms with Crippen molar-refractivity contribution in [1.82, 2.24) is 9.78 Å². The minimum absolute atomic E-state index is 0.260. The first-order chi connectivity index (χ1) is 14.5. The Morgan fingerprint density at radius 3 is 2.53 bits per heavy atom. The van der Waals surface area contributed by atoms with E-state index in [1.165, 1.54) is 11.3 Å². The number of nitrogens with zero attached hydrogens (tertiary/aromatic N) is 2. The van der Waals surface area contributed by atoms with E-state index in [1.54, 1.807) is 36.0 Å². The molecule has 4 rings (SSSR count). The second-order valence-corrected chi connectivity index (χ2v) is 7.85. The van der Waals surface area contributed by atoms with Crippen LogP contribution in [0.1, 0.15) is 31.8 Å². The molecule has 0 atom stereocenters. The number of nitrogens with one attached hydrogen (secondary N) is 1. The van der Waals surface area contributed by atoms with Gasteiger partial charge in [0.05, 0.1) is 17.0 Å². The van der Waals surface area contributed by atoms with Crippen LogP contribution in [0.15, 0.2) is 72.2 Å². The summed E-state index contributed by atoms with van der Waals surface area (Å²) in [5.41, 5.74) is 9.33. The van der Waals surface area contributed by atoms with Crippen LogP contribution in [0.2, 0.25) is 0 Å².